The standard InChI is InChI=1S/C20H22FN3O4S/c21-15-1-3-16(4-2-15)29(27,28)8-7-23-19(25)17-5-6-18-14-9-13(10-22-11-14)12-24(18)20(17)26/h1-6,13-14,22H,7-12H2,(H,23,25)/t13-,14+/m0/s1. The highest BCUT2D eigenvalue weighted by molar-refractivity contribution is 7.91. The molecular formula is C20H22FN3O4S. The number of amides is 1. The first kappa shape index (κ1) is 19.8. The molecule has 154 valence electrons. The van der Waals surface area contributed by atoms with Crippen molar-refractivity contribution in [3.8, 4) is 0 Å². The number of hydrogen-bond acceptors (Lipinski definition) is 5. The molecule has 1 amide bonds. The normalized spacial score (nSPS) is 20.7. The Morgan fingerprint density at radius 1 is 1.17 bits per heavy atom. The van der Waals surface area contributed by atoms with Crippen molar-refractivity contribution in [3.05, 3.63) is 63.8 Å². The van der Waals surface area contributed by atoms with Gasteiger partial charge in [-0.3, -0.25) is 9.59 Å². The Kier molecular flexibility index (Phi) is 5.26. The summed E-state index contributed by atoms with van der Waals surface area (Å²) in [5.41, 5.74) is 0.618. The number of benzene rings is 1. The third-order valence-corrected chi connectivity index (χ3v) is 7.31. The summed E-state index contributed by atoms with van der Waals surface area (Å²) >= 11 is 0. The van der Waals surface area contributed by atoms with Gasteiger partial charge in [0, 0.05) is 31.2 Å². The number of fused-ring (bicyclic) bond motifs is 4. The monoisotopic (exact) mass is 419 g/mol. The molecule has 1 saturated heterocycles. The van der Waals surface area contributed by atoms with Gasteiger partial charge in [-0.05, 0) is 55.3 Å². The molecule has 2 aliphatic rings. The van der Waals surface area contributed by atoms with Crippen LogP contribution in [0.1, 0.15) is 28.4 Å². The second-order valence-electron chi connectivity index (χ2n) is 7.57. The molecule has 0 aliphatic carbocycles. The maximum absolute atomic E-state index is 13.0. The van der Waals surface area contributed by atoms with E-state index in [1.54, 1.807) is 4.57 Å². The quantitative estimate of drug-likeness (QED) is 0.702. The van der Waals surface area contributed by atoms with Gasteiger partial charge < -0.3 is 15.2 Å². The van der Waals surface area contributed by atoms with Crippen molar-refractivity contribution < 1.29 is 17.6 Å². The van der Waals surface area contributed by atoms with Crippen LogP contribution in [0.5, 0.6) is 0 Å². The number of halogens is 1. The number of carbonyl (C=O) groups excluding carboxylic acids is 1. The van der Waals surface area contributed by atoms with E-state index in [4.69, 9.17) is 0 Å². The Bertz CT molecular complexity index is 1100. The average molecular weight is 419 g/mol. The minimum atomic E-state index is -3.66. The Morgan fingerprint density at radius 3 is 2.69 bits per heavy atom. The van der Waals surface area contributed by atoms with Crippen molar-refractivity contribution in [3.63, 3.8) is 0 Å². The van der Waals surface area contributed by atoms with Crippen LogP contribution in [0.3, 0.4) is 0 Å². The molecule has 1 aromatic carbocycles. The van der Waals surface area contributed by atoms with Crippen molar-refractivity contribution in [1.82, 2.24) is 15.2 Å². The van der Waals surface area contributed by atoms with E-state index >= 15 is 0 Å². The summed E-state index contributed by atoms with van der Waals surface area (Å²) in [7, 11) is -3.66. The van der Waals surface area contributed by atoms with E-state index in [1.807, 2.05) is 6.07 Å². The maximum atomic E-state index is 13.0. The molecule has 0 saturated carbocycles. The number of nitrogens with one attached hydrogen (secondary N) is 2. The van der Waals surface area contributed by atoms with Crippen molar-refractivity contribution in [2.75, 3.05) is 25.4 Å². The first-order chi connectivity index (χ1) is 13.8. The van der Waals surface area contributed by atoms with E-state index in [-0.39, 0.29) is 34.2 Å². The molecular weight excluding hydrogens is 397 g/mol. The van der Waals surface area contributed by atoms with Crippen LogP contribution in [0.15, 0.2) is 46.1 Å². The molecule has 2 N–H and O–H groups in total. The molecule has 0 spiro atoms. The lowest BCUT2D eigenvalue weighted by Gasteiger charge is -2.37. The summed E-state index contributed by atoms with van der Waals surface area (Å²) in [6.45, 7) is 2.12. The largest absolute Gasteiger partial charge is 0.351 e. The Morgan fingerprint density at radius 2 is 1.93 bits per heavy atom. The van der Waals surface area contributed by atoms with E-state index in [0.717, 1.165) is 37.3 Å². The van der Waals surface area contributed by atoms with Gasteiger partial charge in [0.25, 0.3) is 11.5 Å². The SMILES string of the molecule is O=C(NCCS(=O)(=O)c1ccc(F)cc1)c1ccc2n(c1=O)C[C@@H]1CNC[C@H]2C1. The van der Waals surface area contributed by atoms with Gasteiger partial charge in [-0.15, -0.1) is 0 Å². The second kappa shape index (κ2) is 7.72. The summed E-state index contributed by atoms with van der Waals surface area (Å²) in [4.78, 5) is 25.3. The van der Waals surface area contributed by atoms with Crippen molar-refractivity contribution in [2.24, 2.45) is 5.92 Å². The molecule has 3 heterocycles. The predicted octanol–water partition coefficient (Wildman–Crippen LogP) is 0.898. The highest BCUT2D eigenvalue weighted by Gasteiger charge is 2.31. The van der Waals surface area contributed by atoms with E-state index in [9.17, 15) is 22.4 Å². The van der Waals surface area contributed by atoms with Crippen LogP contribution in [0.2, 0.25) is 0 Å². The van der Waals surface area contributed by atoms with Gasteiger partial charge >= 0.3 is 0 Å². The Labute approximate surface area is 167 Å². The molecule has 7 nitrogen and oxygen atoms in total. The topological polar surface area (TPSA) is 97.3 Å². The van der Waals surface area contributed by atoms with E-state index < -0.39 is 21.6 Å². The molecule has 4 rings (SSSR count). The van der Waals surface area contributed by atoms with Gasteiger partial charge in [-0.1, -0.05) is 0 Å². The molecule has 1 aromatic heterocycles. The zero-order valence-corrected chi connectivity index (χ0v) is 16.5. The molecule has 2 bridgehead atoms. The van der Waals surface area contributed by atoms with Gasteiger partial charge in [-0.25, -0.2) is 12.8 Å². The first-order valence-electron chi connectivity index (χ1n) is 9.56. The highest BCUT2D eigenvalue weighted by Crippen LogP contribution is 2.31. The van der Waals surface area contributed by atoms with Crippen molar-refractivity contribution in [2.45, 2.75) is 23.8 Å². The fourth-order valence-corrected chi connectivity index (χ4v) is 5.27. The summed E-state index contributed by atoms with van der Waals surface area (Å²) in [5, 5.41) is 5.89. The van der Waals surface area contributed by atoms with Crippen molar-refractivity contribution in [1.29, 1.82) is 0 Å². The molecule has 0 unspecified atom stereocenters. The lowest BCUT2D eigenvalue weighted by atomic mass is 9.84. The molecule has 1 fully saturated rings. The number of piperidine rings is 1. The Hall–Kier alpha value is -2.52. The molecule has 9 heteroatoms. The van der Waals surface area contributed by atoms with Crippen LogP contribution in [0, 0.1) is 11.7 Å². The van der Waals surface area contributed by atoms with Gasteiger partial charge in [0.05, 0.1) is 10.6 Å². The third-order valence-electron chi connectivity index (χ3n) is 5.58. The lowest BCUT2D eigenvalue weighted by Crippen LogP contribution is -2.46. The first-order valence-corrected chi connectivity index (χ1v) is 11.2. The zero-order valence-electron chi connectivity index (χ0n) is 15.7. The van der Waals surface area contributed by atoms with E-state index in [0.29, 0.717) is 12.5 Å². The molecule has 2 aliphatic heterocycles. The fourth-order valence-electron chi connectivity index (χ4n) is 4.12. The van der Waals surface area contributed by atoms with Crippen LogP contribution in [0.25, 0.3) is 0 Å². The van der Waals surface area contributed by atoms with Gasteiger partial charge in [0.1, 0.15) is 11.4 Å². The van der Waals surface area contributed by atoms with E-state index in [1.165, 1.54) is 18.2 Å². The number of aromatic nitrogens is 1. The minimum absolute atomic E-state index is 0.0119. The molecule has 0 radical (unpaired) electrons. The highest BCUT2D eigenvalue weighted by atomic mass is 32.2. The summed E-state index contributed by atoms with van der Waals surface area (Å²) in [5.74, 6) is -0.809. The number of sulfone groups is 1. The predicted molar refractivity (Wildman–Crippen MR) is 105 cm³/mol. The van der Waals surface area contributed by atoms with Gasteiger partial charge in [0.2, 0.25) is 0 Å². The zero-order chi connectivity index (χ0) is 20.6. The van der Waals surface area contributed by atoms with Gasteiger partial charge in [-0.2, -0.15) is 0 Å². The molecule has 2 atom stereocenters. The van der Waals surface area contributed by atoms with Crippen LogP contribution in [-0.4, -0.2) is 44.3 Å². The van der Waals surface area contributed by atoms with Crippen LogP contribution in [0.4, 0.5) is 4.39 Å². The summed E-state index contributed by atoms with van der Waals surface area (Å²) in [6, 6.07) is 7.86. The second-order valence-corrected chi connectivity index (χ2v) is 9.68. The van der Waals surface area contributed by atoms with E-state index in [2.05, 4.69) is 10.6 Å². The third kappa shape index (κ3) is 3.97. The number of nitrogens with zero attached hydrogens (tertiary/aromatic N) is 1. The number of pyridine rings is 1. The summed E-state index contributed by atoms with van der Waals surface area (Å²) < 4.78 is 39.2. The minimum Gasteiger partial charge on any atom is -0.351 e. The molecule has 2 aromatic rings. The fraction of sp³-hybridized carbons (Fsp3) is 0.400. The number of hydrogen-bond donors (Lipinski definition) is 2. The maximum Gasteiger partial charge on any atom is 0.263 e. The summed E-state index contributed by atoms with van der Waals surface area (Å²) in [6.07, 6.45) is 1.04. The van der Waals surface area contributed by atoms with Crippen LogP contribution in [-0.2, 0) is 16.4 Å². The van der Waals surface area contributed by atoms with Gasteiger partial charge in [0.15, 0.2) is 9.84 Å². The van der Waals surface area contributed by atoms with Crippen molar-refractivity contribution >= 4 is 15.7 Å². The van der Waals surface area contributed by atoms with Crippen LogP contribution < -0.4 is 16.2 Å². The number of carbonyl (C=O) groups is 1. The number of rotatable bonds is 5. The smallest absolute Gasteiger partial charge is 0.263 e. The van der Waals surface area contributed by atoms with Crippen LogP contribution >= 0.6 is 0 Å². The lowest BCUT2D eigenvalue weighted by molar-refractivity contribution is 0.0953. The molecule has 29 heavy (non-hydrogen) atoms. The Balaban J connectivity index is 1.45. The average Bonchev–Trinajstić information content (AvgIpc) is 2.69.